The number of aliphatic hydroxyl groups is 1. The van der Waals surface area contributed by atoms with Crippen molar-refractivity contribution in [1.82, 2.24) is 9.78 Å². The molecule has 0 saturated heterocycles. The molecule has 1 atom stereocenters. The summed E-state index contributed by atoms with van der Waals surface area (Å²) >= 11 is 0. The number of carbonyl (C=O) groups is 1. The van der Waals surface area contributed by atoms with Crippen LogP contribution >= 0.6 is 0 Å². The second kappa shape index (κ2) is 6.07. The van der Waals surface area contributed by atoms with E-state index < -0.39 is 12.0 Å². The maximum atomic E-state index is 10.9. The second-order valence-corrected chi connectivity index (χ2v) is 4.35. The topological polar surface area (TPSA) is 116 Å². The SMILES string of the molecule is NC(=O)c1cnn(CC(O)COc2cccc(N)c2)c1. The average Bonchev–Trinajstić information content (AvgIpc) is 2.85. The number of ether oxygens (including phenoxy) is 1. The summed E-state index contributed by atoms with van der Waals surface area (Å²) in [4.78, 5) is 10.9. The number of rotatable bonds is 6. The number of anilines is 1. The molecule has 1 heterocycles. The van der Waals surface area contributed by atoms with E-state index in [9.17, 15) is 9.90 Å². The summed E-state index contributed by atoms with van der Waals surface area (Å²) in [5.74, 6) is 0.0316. The highest BCUT2D eigenvalue weighted by molar-refractivity contribution is 5.92. The quantitative estimate of drug-likeness (QED) is 0.642. The van der Waals surface area contributed by atoms with Gasteiger partial charge < -0.3 is 21.3 Å². The number of aromatic nitrogens is 2. The number of primary amides is 1. The van der Waals surface area contributed by atoms with Crippen LogP contribution in [-0.4, -0.2) is 33.5 Å². The highest BCUT2D eigenvalue weighted by atomic mass is 16.5. The van der Waals surface area contributed by atoms with Crippen molar-refractivity contribution in [3.8, 4) is 5.75 Å². The number of aliphatic hydroxyl groups excluding tert-OH is 1. The number of hydrogen-bond donors (Lipinski definition) is 3. The van der Waals surface area contributed by atoms with Gasteiger partial charge in [-0.2, -0.15) is 5.10 Å². The molecule has 7 nitrogen and oxygen atoms in total. The van der Waals surface area contributed by atoms with Crippen molar-refractivity contribution < 1.29 is 14.6 Å². The predicted molar refractivity (Wildman–Crippen MR) is 73.1 cm³/mol. The fourth-order valence-electron chi connectivity index (χ4n) is 1.66. The number of hydrogen-bond acceptors (Lipinski definition) is 5. The lowest BCUT2D eigenvalue weighted by molar-refractivity contribution is 0.0892. The van der Waals surface area contributed by atoms with Gasteiger partial charge in [-0.1, -0.05) is 6.07 Å². The van der Waals surface area contributed by atoms with Crippen LogP contribution in [0.15, 0.2) is 36.7 Å². The Bertz CT molecular complexity index is 597. The zero-order valence-corrected chi connectivity index (χ0v) is 10.8. The van der Waals surface area contributed by atoms with E-state index >= 15 is 0 Å². The largest absolute Gasteiger partial charge is 0.491 e. The number of nitrogen functional groups attached to an aromatic ring is 1. The van der Waals surface area contributed by atoms with E-state index in [-0.39, 0.29) is 13.2 Å². The Kier molecular flexibility index (Phi) is 4.21. The maximum Gasteiger partial charge on any atom is 0.251 e. The van der Waals surface area contributed by atoms with Gasteiger partial charge in [0, 0.05) is 18.0 Å². The van der Waals surface area contributed by atoms with Crippen LogP contribution < -0.4 is 16.2 Å². The van der Waals surface area contributed by atoms with Crippen molar-refractivity contribution in [3.63, 3.8) is 0 Å². The van der Waals surface area contributed by atoms with E-state index in [0.717, 1.165) is 0 Å². The predicted octanol–water partition coefficient (Wildman–Crippen LogP) is 0.00410. The summed E-state index contributed by atoms with van der Waals surface area (Å²) in [6.45, 7) is 0.296. The third kappa shape index (κ3) is 3.72. The molecule has 0 saturated carbocycles. The fourth-order valence-corrected chi connectivity index (χ4v) is 1.66. The Morgan fingerprint density at radius 2 is 2.30 bits per heavy atom. The molecule has 0 aliphatic carbocycles. The molecular formula is C13H16N4O3. The van der Waals surface area contributed by atoms with Gasteiger partial charge in [-0.05, 0) is 12.1 Å². The van der Waals surface area contributed by atoms with Crippen LogP contribution in [0.1, 0.15) is 10.4 Å². The number of benzene rings is 1. The van der Waals surface area contributed by atoms with Gasteiger partial charge in [-0.15, -0.1) is 0 Å². The maximum absolute atomic E-state index is 10.9. The zero-order valence-electron chi connectivity index (χ0n) is 10.8. The van der Waals surface area contributed by atoms with Gasteiger partial charge in [0.2, 0.25) is 0 Å². The van der Waals surface area contributed by atoms with Gasteiger partial charge in [-0.25, -0.2) is 0 Å². The summed E-state index contributed by atoms with van der Waals surface area (Å²) in [7, 11) is 0. The normalized spacial score (nSPS) is 12.1. The molecule has 0 aliphatic heterocycles. The lowest BCUT2D eigenvalue weighted by atomic mass is 10.3. The molecule has 1 unspecified atom stereocenters. The minimum absolute atomic E-state index is 0.0925. The van der Waals surface area contributed by atoms with Crippen LogP contribution in [0.25, 0.3) is 0 Å². The van der Waals surface area contributed by atoms with E-state index in [1.54, 1.807) is 24.3 Å². The first-order chi connectivity index (χ1) is 9.54. The third-order valence-electron chi connectivity index (χ3n) is 2.62. The van der Waals surface area contributed by atoms with Crippen LogP contribution in [0, 0.1) is 0 Å². The Labute approximate surface area is 115 Å². The summed E-state index contributed by atoms with van der Waals surface area (Å²) in [5.41, 5.74) is 11.6. The molecule has 106 valence electrons. The van der Waals surface area contributed by atoms with E-state index in [2.05, 4.69) is 5.10 Å². The number of nitrogens with zero attached hydrogens (tertiary/aromatic N) is 2. The molecule has 20 heavy (non-hydrogen) atoms. The average molecular weight is 276 g/mol. The van der Waals surface area contributed by atoms with Crippen LogP contribution in [0.3, 0.4) is 0 Å². The van der Waals surface area contributed by atoms with E-state index in [1.165, 1.54) is 17.1 Å². The molecule has 2 aromatic rings. The molecule has 1 aromatic carbocycles. The molecule has 5 N–H and O–H groups in total. The minimum Gasteiger partial charge on any atom is -0.491 e. The molecule has 0 bridgehead atoms. The molecule has 0 spiro atoms. The fraction of sp³-hybridized carbons (Fsp3) is 0.231. The Morgan fingerprint density at radius 1 is 1.50 bits per heavy atom. The zero-order chi connectivity index (χ0) is 14.5. The highest BCUT2D eigenvalue weighted by Gasteiger charge is 2.09. The summed E-state index contributed by atoms with van der Waals surface area (Å²) in [5, 5.41) is 13.8. The first-order valence-corrected chi connectivity index (χ1v) is 6.03. The van der Waals surface area contributed by atoms with Crippen LogP contribution in [0.5, 0.6) is 5.75 Å². The van der Waals surface area contributed by atoms with Crippen molar-refractivity contribution in [2.75, 3.05) is 12.3 Å². The first kappa shape index (κ1) is 13.9. The van der Waals surface area contributed by atoms with Gasteiger partial charge in [0.25, 0.3) is 5.91 Å². The molecule has 1 amide bonds. The summed E-state index contributed by atoms with van der Waals surface area (Å²) < 4.78 is 6.85. The lowest BCUT2D eigenvalue weighted by Gasteiger charge is -2.12. The Morgan fingerprint density at radius 3 is 2.95 bits per heavy atom. The second-order valence-electron chi connectivity index (χ2n) is 4.35. The van der Waals surface area contributed by atoms with Crippen LogP contribution in [0.4, 0.5) is 5.69 Å². The van der Waals surface area contributed by atoms with Crippen molar-refractivity contribution in [2.24, 2.45) is 5.73 Å². The smallest absolute Gasteiger partial charge is 0.251 e. The molecule has 0 radical (unpaired) electrons. The molecular weight excluding hydrogens is 260 g/mol. The van der Waals surface area contributed by atoms with Gasteiger partial charge in [0.05, 0.1) is 18.3 Å². The molecule has 0 aliphatic rings. The van der Waals surface area contributed by atoms with Gasteiger partial charge in [0.15, 0.2) is 0 Å². The Balaban J connectivity index is 1.85. The molecule has 1 aromatic heterocycles. The highest BCUT2D eigenvalue weighted by Crippen LogP contribution is 2.14. The van der Waals surface area contributed by atoms with Crippen molar-refractivity contribution >= 4 is 11.6 Å². The monoisotopic (exact) mass is 276 g/mol. The summed E-state index contributed by atoms with van der Waals surface area (Å²) in [6.07, 6.45) is 2.07. The van der Waals surface area contributed by atoms with E-state index in [0.29, 0.717) is 17.0 Å². The number of nitrogens with two attached hydrogens (primary N) is 2. The van der Waals surface area contributed by atoms with Crippen molar-refractivity contribution in [2.45, 2.75) is 12.6 Å². The van der Waals surface area contributed by atoms with Gasteiger partial charge in [0.1, 0.15) is 18.5 Å². The van der Waals surface area contributed by atoms with Crippen molar-refractivity contribution in [3.05, 3.63) is 42.2 Å². The molecule has 0 fully saturated rings. The van der Waals surface area contributed by atoms with E-state index in [4.69, 9.17) is 16.2 Å². The number of carbonyl (C=O) groups excluding carboxylic acids is 1. The van der Waals surface area contributed by atoms with Crippen molar-refractivity contribution in [1.29, 1.82) is 0 Å². The van der Waals surface area contributed by atoms with Crippen LogP contribution in [-0.2, 0) is 6.54 Å². The third-order valence-corrected chi connectivity index (χ3v) is 2.62. The molecule has 7 heteroatoms. The van der Waals surface area contributed by atoms with E-state index in [1.807, 2.05) is 0 Å². The lowest BCUT2D eigenvalue weighted by Crippen LogP contribution is -2.24. The first-order valence-electron chi connectivity index (χ1n) is 6.03. The van der Waals surface area contributed by atoms with Gasteiger partial charge in [-0.3, -0.25) is 9.48 Å². The molecule has 2 rings (SSSR count). The number of amides is 1. The minimum atomic E-state index is -0.767. The summed E-state index contributed by atoms with van der Waals surface area (Å²) in [6, 6.07) is 6.94. The van der Waals surface area contributed by atoms with Gasteiger partial charge >= 0.3 is 0 Å². The van der Waals surface area contributed by atoms with Crippen LogP contribution in [0.2, 0.25) is 0 Å². The standard InChI is InChI=1S/C13H16N4O3/c14-10-2-1-3-12(4-10)20-8-11(18)7-17-6-9(5-16-17)13(15)19/h1-6,11,18H,7-8,14H2,(H2,15,19). The Hall–Kier alpha value is -2.54.